The third kappa shape index (κ3) is 7.71. The van der Waals surface area contributed by atoms with Gasteiger partial charge in [0.25, 0.3) is 0 Å². The third-order valence-electron chi connectivity index (χ3n) is 9.46. The van der Waals surface area contributed by atoms with Gasteiger partial charge in [-0.05, 0) is 19.3 Å². The predicted molar refractivity (Wildman–Crippen MR) is 190 cm³/mol. The summed E-state index contributed by atoms with van der Waals surface area (Å²) in [6, 6.07) is 33.8. The van der Waals surface area contributed by atoms with Crippen LogP contribution in [0.5, 0.6) is 11.5 Å². The van der Waals surface area contributed by atoms with Gasteiger partial charge >= 0.3 is 195 Å². The van der Waals surface area contributed by atoms with E-state index in [1.54, 1.807) is 0 Å². The van der Waals surface area contributed by atoms with E-state index in [4.69, 9.17) is 0 Å². The van der Waals surface area contributed by atoms with E-state index in [-0.39, 0.29) is 0 Å². The van der Waals surface area contributed by atoms with E-state index in [0.29, 0.717) is 11.5 Å². The average Bonchev–Trinajstić information content (AvgIpc) is 3.06. The third-order valence-corrected chi connectivity index (χ3v) is 14.5. The number of benzene rings is 4. The first-order valence-electron chi connectivity index (χ1n) is 16.8. The molecule has 2 N–H and O–H groups in total. The van der Waals surface area contributed by atoms with E-state index in [0.717, 1.165) is 54.4 Å². The van der Waals surface area contributed by atoms with Gasteiger partial charge in [0.1, 0.15) is 5.75 Å². The second kappa shape index (κ2) is 16.7. The fourth-order valence-electron chi connectivity index (χ4n) is 7.20. The van der Waals surface area contributed by atoms with Crippen molar-refractivity contribution in [3.05, 3.63) is 113 Å². The minimum Gasteiger partial charge on any atom is -0.507 e. The number of aromatic hydroxyl groups is 2. The van der Waals surface area contributed by atoms with Crippen LogP contribution in [0.4, 0.5) is 0 Å². The number of rotatable bonds is 17. The molecule has 0 heterocycles. The van der Waals surface area contributed by atoms with E-state index < -0.39 is 7.26 Å². The molecule has 0 bridgehead atoms. The summed E-state index contributed by atoms with van der Waals surface area (Å²) in [5.41, 5.74) is 3.80. The number of phenols is 2. The van der Waals surface area contributed by atoms with E-state index in [1.807, 2.05) is 0 Å². The molecule has 0 radical (unpaired) electrons. The Morgan fingerprint density at radius 1 is 0.419 bits per heavy atom. The van der Waals surface area contributed by atoms with Crippen LogP contribution in [-0.2, 0) is 25.7 Å². The Balaban J connectivity index is 1.29. The van der Waals surface area contributed by atoms with Crippen molar-refractivity contribution < 1.29 is 10.2 Å². The standard InChI is InChI=1S/C40H53O2P/c1-4-35-36(5-2)40(42)38(37(6-3)39(35)41)30-22-11-9-7-8-10-12-23-31-43(32-24-16-13-17-25-32,33-26-18-14-19-27-33)34-28-20-15-21-29-34/h13-21,24-29,41-43H,4-12,22-23,30-31H2,1-3H3. The minimum atomic E-state index is -2.11. The Hall–Kier alpha value is -3.09. The Kier molecular flexibility index (Phi) is 12.7. The average molecular weight is 597 g/mol. The van der Waals surface area contributed by atoms with Crippen LogP contribution in [0, 0.1) is 0 Å². The number of hydrogen-bond acceptors (Lipinski definition) is 2. The van der Waals surface area contributed by atoms with Crippen molar-refractivity contribution in [1.29, 1.82) is 0 Å². The summed E-state index contributed by atoms with van der Waals surface area (Å²) < 4.78 is 0. The van der Waals surface area contributed by atoms with Crippen LogP contribution in [-0.4, -0.2) is 16.4 Å². The Bertz CT molecular complexity index is 1290. The summed E-state index contributed by atoms with van der Waals surface area (Å²) in [6.45, 7) is 6.20. The fraction of sp³-hybridized carbons (Fsp3) is 0.400. The van der Waals surface area contributed by atoms with E-state index in [2.05, 4.69) is 112 Å². The molecule has 0 saturated heterocycles. The van der Waals surface area contributed by atoms with Crippen LogP contribution in [0.25, 0.3) is 0 Å². The van der Waals surface area contributed by atoms with Crippen molar-refractivity contribution in [1.82, 2.24) is 0 Å². The summed E-state index contributed by atoms with van der Waals surface area (Å²) in [7, 11) is -2.11. The molecule has 0 atom stereocenters. The molecule has 4 aromatic rings. The molecular formula is C40H53O2P. The van der Waals surface area contributed by atoms with Gasteiger partial charge in [-0.2, -0.15) is 0 Å². The predicted octanol–water partition coefficient (Wildman–Crippen LogP) is 9.17. The maximum absolute atomic E-state index is 11.0. The summed E-state index contributed by atoms with van der Waals surface area (Å²) in [4.78, 5) is 0. The summed E-state index contributed by atoms with van der Waals surface area (Å²) in [5, 5.41) is 26.4. The van der Waals surface area contributed by atoms with Crippen molar-refractivity contribution in [3.8, 4) is 11.5 Å². The molecule has 230 valence electrons. The van der Waals surface area contributed by atoms with Gasteiger partial charge in [-0.15, -0.1) is 0 Å². The molecule has 3 heteroatoms. The zero-order valence-corrected chi connectivity index (χ0v) is 27.7. The Morgan fingerprint density at radius 3 is 1.14 bits per heavy atom. The monoisotopic (exact) mass is 596 g/mol. The summed E-state index contributed by atoms with van der Waals surface area (Å²) >= 11 is 0. The molecule has 0 aromatic heterocycles. The van der Waals surface area contributed by atoms with Crippen LogP contribution >= 0.6 is 7.26 Å². The zero-order chi connectivity index (χ0) is 30.5. The number of unbranched alkanes of at least 4 members (excludes halogenated alkanes) is 7. The smallest absolute Gasteiger partial charge is 0.507 e. The molecule has 4 aromatic carbocycles. The molecule has 0 amide bonds. The first-order chi connectivity index (χ1) is 21.1. The van der Waals surface area contributed by atoms with Crippen molar-refractivity contribution >= 4 is 23.2 Å². The van der Waals surface area contributed by atoms with Gasteiger partial charge in [0, 0.05) is 11.1 Å². The van der Waals surface area contributed by atoms with Crippen LogP contribution in [0.15, 0.2) is 91.0 Å². The molecule has 2 nitrogen and oxygen atoms in total. The number of phenolic OH excluding ortho intramolecular Hbond substituents is 2. The molecule has 0 fully saturated rings. The van der Waals surface area contributed by atoms with Gasteiger partial charge in [0.15, 0.2) is 0 Å². The van der Waals surface area contributed by atoms with Gasteiger partial charge in [0.2, 0.25) is 0 Å². The van der Waals surface area contributed by atoms with Gasteiger partial charge in [-0.25, -0.2) is 0 Å². The summed E-state index contributed by atoms with van der Waals surface area (Å²) in [5.74, 6) is 0.864. The first kappa shape index (κ1) is 32.8. The van der Waals surface area contributed by atoms with E-state index >= 15 is 0 Å². The van der Waals surface area contributed by atoms with Crippen LogP contribution in [0.2, 0.25) is 0 Å². The van der Waals surface area contributed by atoms with Crippen molar-refractivity contribution in [2.75, 3.05) is 6.16 Å². The van der Waals surface area contributed by atoms with Crippen LogP contribution in [0.1, 0.15) is 94.4 Å². The Labute approximate surface area is 261 Å². The van der Waals surface area contributed by atoms with Crippen molar-refractivity contribution in [2.45, 2.75) is 97.8 Å². The minimum absolute atomic E-state index is 0.425. The van der Waals surface area contributed by atoms with Crippen LogP contribution in [0.3, 0.4) is 0 Å². The van der Waals surface area contributed by atoms with E-state index in [9.17, 15) is 10.2 Å². The molecule has 43 heavy (non-hydrogen) atoms. The first-order valence-corrected chi connectivity index (χ1v) is 19.0. The SMILES string of the molecule is CCc1c(O)c(CC)c(CCCCCCCCCC[PH](c2ccccc2)(c2ccccc2)c2ccccc2)c(O)c1CC. The van der Waals surface area contributed by atoms with Crippen molar-refractivity contribution in [3.63, 3.8) is 0 Å². The zero-order valence-electron chi connectivity index (χ0n) is 26.7. The van der Waals surface area contributed by atoms with Gasteiger partial charge in [0.05, 0.1) is 0 Å². The van der Waals surface area contributed by atoms with Crippen LogP contribution < -0.4 is 15.9 Å². The molecule has 0 unspecified atom stereocenters. The van der Waals surface area contributed by atoms with Gasteiger partial charge in [-0.1, -0.05) is 20.8 Å². The molecule has 4 rings (SSSR count). The van der Waals surface area contributed by atoms with Gasteiger partial charge in [-0.3, -0.25) is 0 Å². The topological polar surface area (TPSA) is 40.5 Å². The maximum atomic E-state index is 11.0. The quantitative estimate of drug-likeness (QED) is 0.0725. The molecule has 0 aliphatic heterocycles. The molecular weight excluding hydrogens is 543 g/mol. The second-order valence-electron chi connectivity index (χ2n) is 12.0. The number of hydrogen-bond donors (Lipinski definition) is 2. The second-order valence-corrected chi connectivity index (χ2v) is 16.0. The van der Waals surface area contributed by atoms with Crippen molar-refractivity contribution in [2.24, 2.45) is 0 Å². The molecule has 0 aliphatic carbocycles. The molecule has 0 aliphatic rings. The normalized spacial score (nSPS) is 12.0. The molecule has 0 spiro atoms. The fourth-order valence-corrected chi connectivity index (χ4v) is 12.1. The van der Waals surface area contributed by atoms with E-state index in [1.165, 1.54) is 67.0 Å². The van der Waals surface area contributed by atoms with Gasteiger partial charge < -0.3 is 10.2 Å². The summed E-state index contributed by atoms with van der Waals surface area (Å²) in [6.07, 6.45) is 14.2. The molecule has 0 saturated carbocycles. The Morgan fingerprint density at radius 2 is 0.744 bits per heavy atom.